The second kappa shape index (κ2) is 3.95. The molecule has 2 aliphatic rings. The van der Waals surface area contributed by atoms with E-state index in [-0.39, 0.29) is 11.8 Å². The molecule has 0 N–H and O–H groups in total. The monoisotopic (exact) mass is 255 g/mol. The van der Waals surface area contributed by atoms with Gasteiger partial charge < -0.3 is 9.47 Å². The van der Waals surface area contributed by atoms with Crippen molar-refractivity contribution in [2.45, 2.75) is 58.4 Å². The summed E-state index contributed by atoms with van der Waals surface area (Å²) in [6.45, 7) is 9.79. The van der Waals surface area contributed by atoms with E-state index in [9.17, 15) is 9.59 Å². The van der Waals surface area contributed by atoms with Gasteiger partial charge in [-0.25, -0.2) is 4.79 Å². The summed E-state index contributed by atoms with van der Waals surface area (Å²) in [5.41, 5.74) is -1.55. The predicted octanol–water partition coefficient (Wildman–Crippen LogP) is 1.95. The van der Waals surface area contributed by atoms with E-state index in [1.807, 2.05) is 34.6 Å². The summed E-state index contributed by atoms with van der Waals surface area (Å²) in [6.07, 6.45) is 0.202. The van der Waals surface area contributed by atoms with Gasteiger partial charge in [0.1, 0.15) is 18.2 Å². The van der Waals surface area contributed by atoms with Crippen LogP contribution < -0.4 is 0 Å². The summed E-state index contributed by atoms with van der Waals surface area (Å²) in [4.78, 5) is 25.6. The van der Waals surface area contributed by atoms with Crippen molar-refractivity contribution in [1.29, 1.82) is 0 Å². The number of likely N-dealkylation sites (tertiary alicyclic amines) is 1. The van der Waals surface area contributed by atoms with Crippen molar-refractivity contribution in [3.63, 3.8) is 0 Å². The second-order valence-electron chi connectivity index (χ2n) is 6.43. The van der Waals surface area contributed by atoms with Gasteiger partial charge in [-0.15, -0.1) is 0 Å². The van der Waals surface area contributed by atoms with Gasteiger partial charge in [-0.05, 0) is 33.1 Å². The summed E-state index contributed by atoms with van der Waals surface area (Å²) < 4.78 is 10.5. The van der Waals surface area contributed by atoms with Crippen LogP contribution in [-0.4, -0.2) is 40.8 Å². The molecule has 0 aromatic rings. The minimum absolute atomic E-state index is 0.0158. The highest BCUT2D eigenvalue weighted by Crippen LogP contribution is 2.46. The van der Waals surface area contributed by atoms with Crippen molar-refractivity contribution in [2.75, 3.05) is 6.61 Å². The van der Waals surface area contributed by atoms with Crippen molar-refractivity contribution in [3.8, 4) is 0 Å². The number of carbonyl (C=O) groups excluding carboxylic acids is 2. The van der Waals surface area contributed by atoms with Gasteiger partial charge in [0.25, 0.3) is 0 Å². The van der Waals surface area contributed by atoms with Gasteiger partial charge in [-0.1, -0.05) is 13.8 Å². The molecule has 0 unspecified atom stereocenters. The average molecular weight is 255 g/mol. The lowest BCUT2D eigenvalue weighted by atomic mass is 9.86. The molecule has 0 radical (unpaired) electrons. The summed E-state index contributed by atoms with van der Waals surface area (Å²) in [5.74, 6) is 0.363. The number of epoxide rings is 1. The molecule has 0 aromatic heterocycles. The summed E-state index contributed by atoms with van der Waals surface area (Å²) in [6, 6.07) is -0.387. The largest absolute Gasteiger partial charge is 0.444 e. The van der Waals surface area contributed by atoms with Crippen LogP contribution in [-0.2, 0) is 14.3 Å². The normalized spacial score (nSPS) is 30.7. The van der Waals surface area contributed by atoms with Gasteiger partial charge in [0.05, 0.1) is 0 Å². The first kappa shape index (κ1) is 13.3. The Kier molecular flexibility index (Phi) is 2.93. The van der Waals surface area contributed by atoms with Crippen LogP contribution in [0.4, 0.5) is 4.79 Å². The average Bonchev–Trinajstić information content (AvgIpc) is 2.95. The number of ketones is 1. The Balaban J connectivity index is 2.09. The maximum absolute atomic E-state index is 12.1. The molecule has 1 amide bonds. The van der Waals surface area contributed by atoms with Gasteiger partial charge in [0.15, 0.2) is 0 Å². The van der Waals surface area contributed by atoms with Gasteiger partial charge in [0, 0.05) is 0 Å². The van der Waals surface area contributed by atoms with Crippen LogP contribution >= 0.6 is 0 Å². The van der Waals surface area contributed by atoms with E-state index in [4.69, 9.17) is 9.47 Å². The zero-order valence-electron chi connectivity index (χ0n) is 11.6. The lowest BCUT2D eigenvalue weighted by molar-refractivity contribution is -0.158. The van der Waals surface area contributed by atoms with Gasteiger partial charge in [-0.2, -0.15) is 0 Å². The van der Waals surface area contributed by atoms with Crippen molar-refractivity contribution >= 4 is 11.9 Å². The molecule has 102 valence electrons. The molecule has 5 nitrogen and oxygen atoms in total. The van der Waals surface area contributed by atoms with E-state index in [2.05, 4.69) is 0 Å². The fraction of sp³-hybridized carbons (Fsp3) is 0.846. The Bertz CT molecular complexity index is 379. The number of amides is 1. The molecule has 0 aromatic carbocycles. The number of hydrogen-bond donors (Lipinski definition) is 0. The zero-order valence-corrected chi connectivity index (χ0v) is 11.6. The van der Waals surface area contributed by atoms with Gasteiger partial charge >= 0.3 is 6.09 Å². The standard InChI is InChI=1S/C13H21NO4/c1-8(2)6-9-10(15)13(7-17-13)14(9)11(16)18-12(3,4)5/h8-9H,6-7H2,1-5H3/t9-,13+/m0/s1. The number of nitrogens with zero attached hydrogens (tertiary/aromatic N) is 1. The van der Waals surface area contributed by atoms with Gasteiger partial charge in [-0.3, -0.25) is 9.69 Å². The molecule has 2 saturated heterocycles. The Morgan fingerprint density at radius 3 is 2.50 bits per heavy atom. The molecule has 0 saturated carbocycles. The Hall–Kier alpha value is -1.10. The van der Waals surface area contributed by atoms with Crippen LogP contribution in [0.2, 0.25) is 0 Å². The molecule has 2 rings (SSSR count). The van der Waals surface area contributed by atoms with Crippen molar-refractivity contribution in [1.82, 2.24) is 4.90 Å². The van der Waals surface area contributed by atoms with E-state index < -0.39 is 17.4 Å². The van der Waals surface area contributed by atoms with Crippen molar-refractivity contribution in [3.05, 3.63) is 0 Å². The number of rotatable bonds is 2. The third-order valence-corrected chi connectivity index (χ3v) is 3.09. The minimum atomic E-state index is -0.984. The Labute approximate surface area is 107 Å². The molecule has 0 bridgehead atoms. The quantitative estimate of drug-likeness (QED) is 0.708. The van der Waals surface area contributed by atoms with Crippen molar-refractivity contribution < 1.29 is 19.1 Å². The number of Topliss-reactive ketones (excluding diaryl/α,β-unsaturated/α-hetero) is 1. The van der Waals surface area contributed by atoms with Crippen LogP contribution in [0.15, 0.2) is 0 Å². The minimum Gasteiger partial charge on any atom is -0.444 e. The summed E-state index contributed by atoms with van der Waals surface area (Å²) in [5, 5.41) is 0. The third-order valence-electron chi connectivity index (χ3n) is 3.09. The smallest absolute Gasteiger partial charge is 0.413 e. The molecule has 2 fully saturated rings. The molecule has 2 atom stereocenters. The highest BCUT2D eigenvalue weighted by molar-refractivity contribution is 6.05. The first-order valence-electron chi connectivity index (χ1n) is 6.38. The fourth-order valence-corrected chi connectivity index (χ4v) is 2.28. The van der Waals surface area contributed by atoms with Crippen molar-refractivity contribution in [2.24, 2.45) is 5.92 Å². The molecule has 0 aliphatic carbocycles. The molecule has 18 heavy (non-hydrogen) atoms. The molecular weight excluding hydrogens is 234 g/mol. The summed E-state index contributed by atoms with van der Waals surface area (Å²) in [7, 11) is 0. The molecule has 1 spiro atoms. The maximum atomic E-state index is 12.1. The highest BCUT2D eigenvalue weighted by Gasteiger charge is 2.72. The molecule has 2 heterocycles. The lowest BCUT2D eigenvalue weighted by Crippen LogP contribution is -2.70. The molecular formula is C13H21NO4. The summed E-state index contributed by atoms with van der Waals surface area (Å²) >= 11 is 0. The van der Waals surface area contributed by atoms with Crippen LogP contribution in [0.3, 0.4) is 0 Å². The molecule has 2 aliphatic heterocycles. The lowest BCUT2D eigenvalue weighted by Gasteiger charge is -2.45. The first-order chi connectivity index (χ1) is 8.17. The van der Waals surface area contributed by atoms with E-state index in [1.54, 1.807) is 0 Å². The first-order valence-corrected chi connectivity index (χ1v) is 6.38. The van der Waals surface area contributed by atoms with Gasteiger partial charge in [0.2, 0.25) is 11.5 Å². The number of carbonyl (C=O) groups is 2. The zero-order chi connectivity index (χ0) is 13.7. The second-order valence-corrected chi connectivity index (χ2v) is 6.43. The van der Waals surface area contributed by atoms with Crippen LogP contribution in [0.5, 0.6) is 0 Å². The van der Waals surface area contributed by atoms with E-state index in [0.717, 1.165) is 0 Å². The number of hydrogen-bond acceptors (Lipinski definition) is 4. The van der Waals surface area contributed by atoms with Crippen LogP contribution in [0.25, 0.3) is 0 Å². The highest BCUT2D eigenvalue weighted by atomic mass is 16.6. The number of ether oxygens (including phenoxy) is 2. The van der Waals surface area contributed by atoms with E-state index in [1.165, 1.54) is 4.90 Å². The Morgan fingerprint density at radius 2 is 2.11 bits per heavy atom. The fourth-order valence-electron chi connectivity index (χ4n) is 2.28. The van der Waals surface area contributed by atoms with E-state index in [0.29, 0.717) is 18.9 Å². The SMILES string of the molecule is CC(C)C[C@H]1C(=O)[C@]2(CO2)N1C(=O)OC(C)(C)C. The predicted molar refractivity (Wildman–Crippen MR) is 65.0 cm³/mol. The van der Waals surface area contributed by atoms with Crippen LogP contribution in [0.1, 0.15) is 41.0 Å². The Morgan fingerprint density at radius 1 is 1.56 bits per heavy atom. The van der Waals surface area contributed by atoms with Crippen LogP contribution in [0, 0.1) is 5.92 Å². The molecule has 5 heteroatoms. The topological polar surface area (TPSA) is 59.1 Å². The maximum Gasteiger partial charge on any atom is 0.413 e. The van der Waals surface area contributed by atoms with E-state index >= 15 is 0 Å². The third kappa shape index (κ3) is 2.11.